The number of hydrogen-bond acceptors (Lipinski definition) is 5. The Balaban J connectivity index is 3.01. The summed E-state index contributed by atoms with van der Waals surface area (Å²) < 4.78 is 4.66. The van der Waals surface area contributed by atoms with Gasteiger partial charge in [-0.1, -0.05) is 40.0 Å². The van der Waals surface area contributed by atoms with E-state index in [0.29, 0.717) is 24.1 Å². The summed E-state index contributed by atoms with van der Waals surface area (Å²) in [5.41, 5.74) is 0.783. The maximum Gasteiger partial charge on any atom is 0.337 e. The third kappa shape index (κ3) is 9.19. The number of ether oxygens (including phenoxy) is 1. The average molecular weight is 435 g/mol. The molecule has 8 nitrogen and oxygen atoms in total. The standard InChI is InChI=1S/C23H34N2O6/c1-5-6-7-8-9-20(26)25(15-21(27)28)19(14-16(2)3)22(29)24-18-12-10-17(11-13-18)23(30)31-4/h10-13,16,19H,5-9,14-15H2,1-4H3,(H,24,29)(H,27,28). The zero-order valence-corrected chi connectivity index (χ0v) is 18.8. The third-order valence-electron chi connectivity index (χ3n) is 4.82. The second-order valence-electron chi connectivity index (χ2n) is 7.93. The van der Waals surface area contributed by atoms with Crippen LogP contribution in [0, 0.1) is 5.92 Å². The fourth-order valence-electron chi connectivity index (χ4n) is 3.22. The molecule has 0 heterocycles. The number of nitrogens with zero attached hydrogens (tertiary/aromatic N) is 1. The first-order valence-corrected chi connectivity index (χ1v) is 10.7. The van der Waals surface area contributed by atoms with Gasteiger partial charge in [0, 0.05) is 12.1 Å². The predicted octanol–water partition coefficient (Wildman–Crippen LogP) is 3.71. The number of anilines is 1. The lowest BCUT2D eigenvalue weighted by atomic mass is 10.0. The molecule has 0 fully saturated rings. The molecule has 31 heavy (non-hydrogen) atoms. The van der Waals surface area contributed by atoms with Crippen molar-refractivity contribution in [1.29, 1.82) is 0 Å². The second-order valence-corrected chi connectivity index (χ2v) is 7.93. The molecule has 0 aliphatic carbocycles. The van der Waals surface area contributed by atoms with Crippen LogP contribution < -0.4 is 5.32 Å². The second kappa shape index (κ2) is 13.4. The Morgan fingerprint density at radius 3 is 2.23 bits per heavy atom. The van der Waals surface area contributed by atoms with E-state index in [4.69, 9.17) is 0 Å². The molecule has 0 saturated heterocycles. The van der Waals surface area contributed by atoms with Crippen molar-refractivity contribution in [3.63, 3.8) is 0 Å². The summed E-state index contributed by atoms with van der Waals surface area (Å²) in [5.74, 6) is -2.37. The minimum atomic E-state index is -1.16. The molecule has 0 bridgehead atoms. The van der Waals surface area contributed by atoms with Crippen LogP contribution in [0.5, 0.6) is 0 Å². The molecule has 1 rings (SSSR count). The Kier molecular flexibility index (Phi) is 11.3. The van der Waals surface area contributed by atoms with Crippen molar-refractivity contribution in [2.75, 3.05) is 19.0 Å². The summed E-state index contributed by atoms with van der Waals surface area (Å²) in [6, 6.07) is 5.25. The van der Waals surface area contributed by atoms with Gasteiger partial charge >= 0.3 is 11.9 Å². The van der Waals surface area contributed by atoms with Crippen LogP contribution in [0.25, 0.3) is 0 Å². The molecule has 0 spiro atoms. The molecule has 2 N–H and O–H groups in total. The molecule has 0 aromatic heterocycles. The number of benzene rings is 1. The van der Waals surface area contributed by atoms with Gasteiger partial charge in [0.1, 0.15) is 12.6 Å². The number of carbonyl (C=O) groups is 4. The van der Waals surface area contributed by atoms with E-state index in [0.717, 1.165) is 19.3 Å². The number of carboxylic acids is 1. The van der Waals surface area contributed by atoms with E-state index >= 15 is 0 Å². The number of hydrogen-bond donors (Lipinski definition) is 2. The molecule has 1 aromatic carbocycles. The highest BCUT2D eigenvalue weighted by molar-refractivity contribution is 5.98. The van der Waals surface area contributed by atoms with Crippen LogP contribution in [0.1, 0.15) is 69.7 Å². The molecule has 1 aromatic rings. The molecule has 0 radical (unpaired) electrons. The zero-order valence-electron chi connectivity index (χ0n) is 18.8. The molecule has 0 aliphatic heterocycles. The van der Waals surface area contributed by atoms with E-state index in [1.807, 2.05) is 13.8 Å². The number of nitrogens with one attached hydrogen (secondary N) is 1. The van der Waals surface area contributed by atoms with Gasteiger partial charge in [-0.05, 0) is 43.0 Å². The van der Waals surface area contributed by atoms with Gasteiger partial charge < -0.3 is 20.1 Å². The van der Waals surface area contributed by atoms with Crippen molar-refractivity contribution in [3.8, 4) is 0 Å². The first kappa shape index (κ1) is 26.1. The lowest BCUT2D eigenvalue weighted by Gasteiger charge is -2.31. The minimum absolute atomic E-state index is 0.0710. The SMILES string of the molecule is CCCCCCC(=O)N(CC(=O)O)C(CC(C)C)C(=O)Nc1ccc(C(=O)OC)cc1. The summed E-state index contributed by atoms with van der Waals surface area (Å²) in [6.07, 6.45) is 4.12. The molecule has 172 valence electrons. The highest BCUT2D eigenvalue weighted by Gasteiger charge is 2.31. The number of amides is 2. The number of carboxylic acid groups (broad SMARTS) is 1. The fraction of sp³-hybridized carbons (Fsp3) is 0.565. The summed E-state index contributed by atoms with van der Waals surface area (Å²) in [5, 5.41) is 12.1. The van der Waals surface area contributed by atoms with Gasteiger partial charge in [0.05, 0.1) is 12.7 Å². The Hall–Kier alpha value is -2.90. The van der Waals surface area contributed by atoms with E-state index in [1.54, 1.807) is 12.1 Å². The largest absolute Gasteiger partial charge is 0.480 e. The average Bonchev–Trinajstić information content (AvgIpc) is 2.73. The van der Waals surface area contributed by atoms with Crippen molar-refractivity contribution in [3.05, 3.63) is 29.8 Å². The van der Waals surface area contributed by atoms with Gasteiger partial charge in [-0.25, -0.2) is 4.79 Å². The van der Waals surface area contributed by atoms with Gasteiger partial charge in [-0.2, -0.15) is 0 Å². The van der Waals surface area contributed by atoms with Gasteiger partial charge in [0.15, 0.2) is 0 Å². The number of unbranched alkanes of at least 4 members (excludes halogenated alkanes) is 3. The van der Waals surface area contributed by atoms with Crippen molar-refractivity contribution in [2.24, 2.45) is 5.92 Å². The Bertz CT molecular complexity index is 745. The smallest absolute Gasteiger partial charge is 0.337 e. The molecular formula is C23H34N2O6. The summed E-state index contributed by atoms with van der Waals surface area (Å²) in [6.45, 7) is 5.37. The van der Waals surface area contributed by atoms with Gasteiger partial charge in [-0.15, -0.1) is 0 Å². The van der Waals surface area contributed by atoms with Crippen LogP contribution in [0.2, 0.25) is 0 Å². The summed E-state index contributed by atoms with van der Waals surface area (Å²) in [4.78, 5) is 50.0. The molecule has 2 amide bonds. The van der Waals surface area contributed by atoms with Crippen LogP contribution in [0.15, 0.2) is 24.3 Å². The quantitative estimate of drug-likeness (QED) is 0.361. The summed E-state index contributed by atoms with van der Waals surface area (Å²) in [7, 11) is 1.28. The number of esters is 1. The van der Waals surface area contributed by atoms with Crippen LogP contribution in [0.4, 0.5) is 5.69 Å². The van der Waals surface area contributed by atoms with Gasteiger partial charge in [0.2, 0.25) is 11.8 Å². The molecule has 8 heteroatoms. The van der Waals surface area contributed by atoms with Crippen molar-refractivity contribution < 1.29 is 29.0 Å². The maximum atomic E-state index is 13.0. The number of aliphatic carboxylic acids is 1. The fourth-order valence-corrected chi connectivity index (χ4v) is 3.22. The monoisotopic (exact) mass is 434 g/mol. The minimum Gasteiger partial charge on any atom is -0.480 e. The first-order chi connectivity index (χ1) is 14.7. The number of rotatable bonds is 13. The lowest BCUT2D eigenvalue weighted by Crippen LogP contribution is -2.50. The maximum absolute atomic E-state index is 13.0. The normalized spacial score (nSPS) is 11.6. The van der Waals surface area contributed by atoms with E-state index < -0.39 is 30.4 Å². The molecule has 0 saturated carbocycles. The Morgan fingerprint density at radius 1 is 1.06 bits per heavy atom. The van der Waals surface area contributed by atoms with Crippen LogP contribution in [0.3, 0.4) is 0 Å². The van der Waals surface area contributed by atoms with Crippen molar-refractivity contribution >= 4 is 29.4 Å². The molecular weight excluding hydrogens is 400 g/mol. The number of carbonyl (C=O) groups excluding carboxylic acids is 3. The molecule has 0 aliphatic rings. The Morgan fingerprint density at radius 2 is 1.71 bits per heavy atom. The van der Waals surface area contributed by atoms with E-state index in [1.165, 1.54) is 24.1 Å². The zero-order chi connectivity index (χ0) is 23.4. The van der Waals surface area contributed by atoms with Crippen molar-refractivity contribution in [1.82, 2.24) is 4.90 Å². The van der Waals surface area contributed by atoms with Crippen LogP contribution in [-0.2, 0) is 19.1 Å². The number of methoxy groups -OCH3 is 1. The molecule has 1 atom stereocenters. The third-order valence-corrected chi connectivity index (χ3v) is 4.82. The Labute approximate surface area is 183 Å². The van der Waals surface area contributed by atoms with E-state index in [-0.39, 0.29) is 18.2 Å². The van der Waals surface area contributed by atoms with Crippen LogP contribution in [-0.4, -0.2) is 53.5 Å². The predicted molar refractivity (Wildman–Crippen MR) is 118 cm³/mol. The van der Waals surface area contributed by atoms with Gasteiger partial charge in [-0.3, -0.25) is 14.4 Å². The topological polar surface area (TPSA) is 113 Å². The lowest BCUT2D eigenvalue weighted by molar-refractivity contribution is -0.148. The first-order valence-electron chi connectivity index (χ1n) is 10.7. The van der Waals surface area contributed by atoms with Crippen LogP contribution >= 0.6 is 0 Å². The van der Waals surface area contributed by atoms with E-state index in [9.17, 15) is 24.3 Å². The highest BCUT2D eigenvalue weighted by Crippen LogP contribution is 2.18. The van der Waals surface area contributed by atoms with E-state index in [2.05, 4.69) is 17.0 Å². The highest BCUT2D eigenvalue weighted by atomic mass is 16.5. The summed E-state index contributed by atoms with van der Waals surface area (Å²) >= 11 is 0. The molecule has 1 unspecified atom stereocenters. The van der Waals surface area contributed by atoms with Gasteiger partial charge in [0.25, 0.3) is 0 Å². The van der Waals surface area contributed by atoms with Crippen molar-refractivity contribution in [2.45, 2.75) is 65.3 Å².